The van der Waals surface area contributed by atoms with Gasteiger partial charge in [-0.25, -0.2) is 0 Å². The third kappa shape index (κ3) is 2.38. The maximum atomic E-state index is 13.3. The monoisotopic (exact) mass is 308 g/mol. The highest BCUT2D eigenvalue weighted by molar-refractivity contribution is 5.56. The number of nitrogens with zero attached hydrogens (tertiary/aromatic N) is 2. The molecule has 114 valence electrons. The van der Waals surface area contributed by atoms with E-state index in [0.29, 0.717) is 5.52 Å². The van der Waals surface area contributed by atoms with Crippen LogP contribution in [0.5, 0.6) is 0 Å². The fourth-order valence-corrected chi connectivity index (χ4v) is 2.70. The van der Waals surface area contributed by atoms with Gasteiger partial charge in [0.1, 0.15) is 0 Å². The molecule has 0 amide bonds. The standard InChI is InChI=1S/C15H11F3N2O2/c16-15(17,18)13-9-12-3-1-2-8-19(12)14(13)10-4-6-11(7-5-10)20(21)22/h1-4,6-10H,5H2. The van der Waals surface area contributed by atoms with E-state index in [0.717, 1.165) is 6.07 Å². The van der Waals surface area contributed by atoms with Crippen molar-refractivity contribution in [2.75, 3.05) is 0 Å². The Morgan fingerprint density at radius 1 is 1.32 bits per heavy atom. The second kappa shape index (κ2) is 5.01. The Hall–Kier alpha value is -2.57. The van der Waals surface area contributed by atoms with Crippen LogP contribution in [-0.4, -0.2) is 9.32 Å². The van der Waals surface area contributed by atoms with Gasteiger partial charge in [-0.15, -0.1) is 0 Å². The predicted octanol–water partition coefficient (Wildman–Crippen LogP) is 4.16. The smallest absolute Gasteiger partial charge is 0.320 e. The van der Waals surface area contributed by atoms with E-state index in [1.165, 1.54) is 22.6 Å². The summed E-state index contributed by atoms with van der Waals surface area (Å²) in [5.41, 5.74) is -0.239. The zero-order valence-corrected chi connectivity index (χ0v) is 11.2. The lowest BCUT2D eigenvalue weighted by molar-refractivity contribution is -0.419. The van der Waals surface area contributed by atoms with E-state index in [4.69, 9.17) is 0 Å². The number of rotatable bonds is 2. The lowest BCUT2D eigenvalue weighted by Gasteiger charge is -2.17. The summed E-state index contributed by atoms with van der Waals surface area (Å²) in [7, 11) is 0. The second-order valence-electron chi connectivity index (χ2n) is 5.02. The van der Waals surface area contributed by atoms with Crippen molar-refractivity contribution in [2.45, 2.75) is 18.5 Å². The zero-order valence-electron chi connectivity index (χ0n) is 11.2. The molecule has 7 heteroatoms. The summed E-state index contributed by atoms with van der Waals surface area (Å²) in [5.74, 6) is -0.551. The zero-order chi connectivity index (χ0) is 15.9. The highest BCUT2D eigenvalue weighted by Crippen LogP contribution is 2.40. The molecule has 3 rings (SSSR count). The van der Waals surface area contributed by atoms with Gasteiger partial charge in [0.15, 0.2) is 0 Å². The molecule has 0 aromatic carbocycles. The molecule has 0 aliphatic heterocycles. The van der Waals surface area contributed by atoms with E-state index in [1.54, 1.807) is 24.4 Å². The van der Waals surface area contributed by atoms with Gasteiger partial charge in [-0.2, -0.15) is 13.2 Å². The van der Waals surface area contributed by atoms with Crippen LogP contribution in [0.1, 0.15) is 23.6 Å². The highest BCUT2D eigenvalue weighted by atomic mass is 19.4. The number of allylic oxidation sites excluding steroid dienone is 3. The van der Waals surface area contributed by atoms with Crippen molar-refractivity contribution in [1.29, 1.82) is 0 Å². The van der Waals surface area contributed by atoms with Gasteiger partial charge in [-0.1, -0.05) is 12.1 Å². The van der Waals surface area contributed by atoms with Crippen molar-refractivity contribution in [3.63, 3.8) is 0 Å². The van der Waals surface area contributed by atoms with E-state index in [1.807, 2.05) is 0 Å². The SMILES string of the molecule is O=[N+]([O-])C1=CCC(c2c(C(F)(F)F)cc3ccccn23)C=C1. The summed E-state index contributed by atoms with van der Waals surface area (Å²) in [4.78, 5) is 10.1. The van der Waals surface area contributed by atoms with Gasteiger partial charge in [0.05, 0.1) is 10.5 Å². The van der Waals surface area contributed by atoms with Gasteiger partial charge < -0.3 is 4.40 Å². The van der Waals surface area contributed by atoms with E-state index < -0.39 is 22.6 Å². The Morgan fingerprint density at radius 3 is 2.68 bits per heavy atom. The summed E-state index contributed by atoms with van der Waals surface area (Å²) in [6.45, 7) is 0. The van der Waals surface area contributed by atoms with Crippen LogP contribution in [-0.2, 0) is 6.18 Å². The number of fused-ring (bicyclic) bond motifs is 1. The second-order valence-corrected chi connectivity index (χ2v) is 5.02. The molecule has 2 aromatic heterocycles. The summed E-state index contributed by atoms with van der Waals surface area (Å²) < 4.78 is 41.3. The summed E-state index contributed by atoms with van der Waals surface area (Å²) >= 11 is 0. The first-order chi connectivity index (χ1) is 10.4. The van der Waals surface area contributed by atoms with Gasteiger partial charge in [0.25, 0.3) is 5.70 Å². The van der Waals surface area contributed by atoms with Gasteiger partial charge in [0, 0.05) is 29.4 Å². The number of halogens is 3. The Morgan fingerprint density at radius 2 is 2.09 bits per heavy atom. The van der Waals surface area contributed by atoms with Crippen molar-refractivity contribution in [3.05, 3.63) is 75.8 Å². The fourth-order valence-electron chi connectivity index (χ4n) is 2.70. The van der Waals surface area contributed by atoms with Gasteiger partial charge >= 0.3 is 6.18 Å². The number of alkyl halides is 3. The van der Waals surface area contributed by atoms with Crippen molar-refractivity contribution >= 4 is 5.52 Å². The van der Waals surface area contributed by atoms with Crippen molar-refractivity contribution in [2.24, 2.45) is 0 Å². The quantitative estimate of drug-likeness (QED) is 0.617. The molecule has 22 heavy (non-hydrogen) atoms. The summed E-state index contributed by atoms with van der Waals surface area (Å²) in [6.07, 6.45) is 1.34. The van der Waals surface area contributed by atoms with E-state index >= 15 is 0 Å². The lowest BCUT2D eigenvalue weighted by Crippen LogP contribution is -2.13. The van der Waals surface area contributed by atoms with Crippen LogP contribution in [0, 0.1) is 10.1 Å². The first-order valence-electron chi connectivity index (χ1n) is 6.58. The van der Waals surface area contributed by atoms with Crippen LogP contribution in [0.4, 0.5) is 13.2 Å². The Kier molecular flexibility index (Phi) is 3.27. The molecular formula is C15H11F3N2O2. The van der Waals surface area contributed by atoms with E-state index in [2.05, 4.69) is 0 Å². The Labute approximate surface area is 123 Å². The predicted molar refractivity (Wildman–Crippen MR) is 74.0 cm³/mol. The molecule has 1 aliphatic rings. The molecular weight excluding hydrogens is 297 g/mol. The largest absolute Gasteiger partial charge is 0.418 e. The maximum absolute atomic E-state index is 13.3. The average Bonchev–Trinajstić information content (AvgIpc) is 2.87. The minimum atomic E-state index is -4.47. The Bertz CT molecular complexity index is 803. The van der Waals surface area contributed by atoms with Gasteiger partial charge in [-0.3, -0.25) is 10.1 Å². The van der Waals surface area contributed by atoms with Crippen molar-refractivity contribution in [3.8, 4) is 0 Å². The molecule has 2 heterocycles. The molecule has 0 radical (unpaired) electrons. The summed E-state index contributed by atoms with van der Waals surface area (Å²) in [6, 6.07) is 6.03. The third-order valence-corrected chi connectivity index (χ3v) is 3.67. The molecule has 0 saturated carbocycles. The number of nitro groups is 1. The van der Waals surface area contributed by atoms with Crippen LogP contribution in [0.3, 0.4) is 0 Å². The average molecular weight is 308 g/mol. The Balaban J connectivity index is 2.11. The molecule has 2 aromatic rings. The minimum Gasteiger partial charge on any atom is -0.320 e. The molecule has 0 N–H and O–H groups in total. The minimum absolute atomic E-state index is 0.0920. The van der Waals surface area contributed by atoms with Crippen LogP contribution < -0.4 is 0 Å². The summed E-state index contributed by atoms with van der Waals surface area (Å²) in [5, 5.41) is 10.7. The molecule has 0 saturated heterocycles. The number of pyridine rings is 1. The first-order valence-corrected chi connectivity index (χ1v) is 6.58. The van der Waals surface area contributed by atoms with Gasteiger partial charge in [-0.05, 0) is 30.7 Å². The lowest BCUT2D eigenvalue weighted by atomic mass is 9.93. The fraction of sp³-hybridized carbons (Fsp3) is 0.200. The third-order valence-electron chi connectivity index (χ3n) is 3.67. The molecule has 1 atom stereocenters. The molecule has 0 spiro atoms. The van der Waals surface area contributed by atoms with Crippen LogP contribution in [0.25, 0.3) is 5.52 Å². The molecule has 1 aliphatic carbocycles. The van der Waals surface area contributed by atoms with E-state index in [9.17, 15) is 23.3 Å². The molecule has 4 nitrogen and oxygen atoms in total. The highest BCUT2D eigenvalue weighted by Gasteiger charge is 2.37. The molecule has 0 fully saturated rings. The van der Waals surface area contributed by atoms with Crippen LogP contribution in [0.2, 0.25) is 0 Å². The van der Waals surface area contributed by atoms with Crippen molar-refractivity contribution < 1.29 is 18.1 Å². The van der Waals surface area contributed by atoms with E-state index in [-0.39, 0.29) is 17.8 Å². The van der Waals surface area contributed by atoms with Gasteiger partial charge in [0.2, 0.25) is 0 Å². The molecule has 0 bridgehead atoms. The van der Waals surface area contributed by atoms with Crippen molar-refractivity contribution in [1.82, 2.24) is 4.40 Å². The topological polar surface area (TPSA) is 47.5 Å². The number of aromatic nitrogens is 1. The maximum Gasteiger partial charge on any atom is 0.418 e. The molecule has 1 unspecified atom stereocenters. The number of hydrogen-bond acceptors (Lipinski definition) is 2. The van der Waals surface area contributed by atoms with Crippen LogP contribution >= 0.6 is 0 Å². The normalized spacial score (nSPS) is 18.5. The first kappa shape index (κ1) is 14.4. The van der Waals surface area contributed by atoms with Crippen LogP contribution in [0.15, 0.2) is 54.4 Å². The number of hydrogen-bond donors (Lipinski definition) is 0.